The normalized spacial score (nSPS) is 35.8. The minimum atomic E-state index is -0.272. The smallest absolute Gasteiger partial charge is 0.407 e. The van der Waals surface area contributed by atoms with E-state index in [1.165, 1.54) is 56.9 Å². The molecule has 0 saturated heterocycles. The lowest BCUT2D eigenvalue weighted by molar-refractivity contribution is -0.0581. The van der Waals surface area contributed by atoms with Crippen molar-refractivity contribution in [2.75, 3.05) is 12.3 Å². The molecule has 0 spiro atoms. The van der Waals surface area contributed by atoms with Gasteiger partial charge in [0.1, 0.15) is 6.10 Å². The molecule has 4 aliphatic rings. The number of alkyl carbamates (subject to hydrolysis) is 1. The summed E-state index contributed by atoms with van der Waals surface area (Å²) < 4.78 is 5.94. The largest absolute Gasteiger partial charge is 0.446 e. The van der Waals surface area contributed by atoms with Crippen LogP contribution >= 0.6 is 0 Å². The molecule has 5 rings (SSSR count). The molecule has 4 aliphatic carbocycles. The van der Waals surface area contributed by atoms with Gasteiger partial charge in [0, 0.05) is 18.7 Å². The van der Waals surface area contributed by atoms with Gasteiger partial charge in [0.15, 0.2) is 0 Å². The highest BCUT2D eigenvalue weighted by molar-refractivity contribution is 5.67. The van der Waals surface area contributed by atoms with Gasteiger partial charge in [0.05, 0.1) is 0 Å². The Morgan fingerprint density at radius 2 is 1.80 bits per heavy atom. The van der Waals surface area contributed by atoms with E-state index >= 15 is 0 Å². The van der Waals surface area contributed by atoms with Gasteiger partial charge in [-0.25, -0.2) is 4.79 Å². The minimum absolute atomic E-state index is 0.00352. The number of fused-ring (bicyclic) bond motifs is 5. The molecule has 40 heavy (non-hydrogen) atoms. The number of carbonyl (C=O) groups excluding carboxylic acids is 1. The summed E-state index contributed by atoms with van der Waals surface area (Å²) in [5.41, 5.74) is 10.1. The van der Waals surface area contributed by atoms with E-state index in [9.17, 15) is 4.79 Å². The third kappa shape index (κ3) is 5.97. The maximum Gasteiger partial charge on any atom is 0.407 e. The summed E-state index contributed by atoms with van der Waals surface area (Å²) in [5, 5.41) is 2.97. The summed E-state index contributed by atoms with van der Waals surface area (Å²) in [7, 11) is 0. The van der Waals surface area contributed by atoms with Gasteiger partial charge in [0.2, 0.25) is 0 Å². The van der Waals surface area contributed by atoms with Crippen LogP contribution in [0.15, 0.2) is 35.9 Å². The number of benzene rings is 1. The molecule has 3 fully saturated rings. The molecule has 0 heterocycles. The number of rotatable bonds is 9. The van der Waals surface area contributed by atoms with Gasteiger partial charge in [-0.1, -0.05) is 77.7 Å². The molecule has 0 bridgehead atoms. The molecule has 0 unspecified atom stereocenters. The maximum atomic E-state index is 12.6. The zero-order valence-corrected chi connectivity index (χ0v) is 26.0. The first kappa shape index (κ1) is 29.5. The Kier molecular flexibility index (Phi) is 8.93. The van der Waals surface area contributed by atoms with Crippen LogP contribution in [0.2, 0.25) is 0 Å². The first-order valence-corrected chi connectivity index (χ1v) is 16.6. The second-order valence-corrected chi connectivity index (χ2v) is 15.0. The number of allylic oxidation sites excluding steroid dienone is 1. The lowest BCUT2D eigenvalue weighted by Gasteiger charge is -2.58. The van der Waals surface area contributed by atoms with Gasteiger partial charge < -0.3 is 15.8 Å². The van der Waals surface area contributed by atoms with Crippen molar-refractivity contribution in [3.63, 3.8) is 0 Å². The van der Waals surface area contributed by atoms with Crippen molar-refractivity contribution in [1.29, 1.82) is 0 Å². The van der Waals surface area contributed by atoms with Crippen LogP contribution in [0, 0.1) is 46.3 Å². The van der Waals surface area contributed by atoms with Crippen molar-refractivity contribution in [2.24, 2.45) is 46.3 Å². The molecule has 1 amide bonds. The monoisotopic (exact) mass is 548 g/mol. The lowest BCUT2D eigenvalue weighted by Crippen LogP contribution is -2.51. The average Bonchev–Trinajstić information content (AvgIpc) is 3.27. The van der Waals surface area contributed by atoms with Gasteiger partial charge in [-0.05, 0) is 115 Å². The van der Waals surface area contributed by atoms with E-state index < -0.39 is 0 Å². The van der Waals surface area contributed by atoms with Crippen LogP contribution in [0.4, 0.5) is 10.5 Å². The Bertz CT molecular complexity index is 1050. The Hall–Kier alpha value is -1.97. The molecule has 222 valence electrons. The molecule has 1 aromatic rings. The standard InChI is InChI=1S/C36H56N2O2/c1-24(2)7-6-8-25(3)31-15-16-32-30-14-11-27-23-29(17-20-35(27,4)33(30)18-21-36(31,32)5)40-34(39)38-22-19-26-9-12-28(37)13-10-26/h9-13,24-25,29-33H,6-8,14-23,37H2,1-5H3,(H,38,39)/t25-,29+,30+,31-,32+,33+,35+,36-/m1/s1. The second-order valence-electron chi connectivity index (χ2n) is 15.0. The number of carbonyl (C=O) groups is 1. The molecule has 0 aromatic heterocycles. The fraction of sp³-hybridized carbons (Fsp3) is 0.750. The van der Waals surface area contributed by atoms with Crippen LogP contribution in [-0.2, 0) is 11.2 Å². The Morgan fingerprint density at radius 3 is 2.55 bits per heavy atom. The SMILES string of the molecule is CC(C)CCC[C@@H](C)[C@H]1CC[C@H]2[C@@H]3CC=C4C[C@@H](OC(=O)NCCc5ccc(N)cc5)CC[C@]4(C)[C@H]3CC[C@]12C. The topological polar surface area (TPSA) is 64.3 Å². The van der Waals surface area contributed by atoms with Crippen LogP contribution in [0.25, 0.3) is 0 Å². The fourth-order valence-corrected chi connectivity index (χ4v) is 9.94. The van der Waals surface area contributed by atoms with Crippen LogP contribution in [-0.4, -0.2) is 18.7 Å². The number of nitrogens with one attached hydrogen (secondary N) is 1. The zero-order valence-electron chi connectivity index (χ0n) is 26.0. The molecular weight excluding hydrogens is 492 g/mol. The van der Waals surface area contributed by atoms with Crippen molar-refractivity contribution < 1.29 is 9.53 Å². The van der Waals surface area contributed by atoms with E-state index in [1.54, 1.807) is 5.57 Å². The summed E-state index contributed by atoms with van der Waals surface area (Å²) >= 11 is 0. The number of hydrogen-bond acceptors (Lipinski definition) is 3. The quantitative estimate of drug-likeness (QED) is 0.239. The molecule has 4 heteroatoms. The lowest BCUT2D eigenvalue weighted by atomic mass is 9.47. The molecule has 1 aromatic carbocycles. The van der Waals surface area contributed by atoms with Crippen LogP contribution in [0.3, 0.4) is 0 Å². The highest BCUT2D eigenvalue weighted by Gasteiger charge is 2.59. The molecule has 0 aliphatic heterocycles. The van der Waals surface area contributed by atoms with Gasteiger partial charge in [-0.15, -0.1) is 0 Å². The van der Waals surface area contributed by atoms with Crippen LogP contribution in [0.1, 0.15) is 111 Å². The molecule has 0 radical (unpaired) electrons. The number of nitrogens with two attached hydrogens (primary N) is 1. The van der Waals surface area contributed by atoms with Gasteiger partial charge in [0.25, 0.3) is 0 Å². The predicted octanol–water partition coefficient (Wildman–Crippen LogP) is 8.95. The summed E-state index contributed by atoms with van der Waals surface area (Å²) in [4.78, 5) is 12.6. The number of nitrogen functional groups attached to an aromatic ring is 1. The van der Waals surface area contributed by atoms with Crippen LogP contribution in [0.5, 0.6) is 0 Å². The van der Waals surface area contributed by atoms with E-state index in [0.29, 0.717) is 12.0 Å². The maximum absolute atomic E-state index is 12.6. The summed E-state index contributed by atoms with van der Waals surface area (Å²) in [5.74, 6) is 5.13. The summed E-state index contributed by atoms with van der Waals surface area (Å²) in [6.07, 6.45) is 17.3. The molecule has 8 atom stereocenters. The second kappa shape index (κ2) is 12.1. The van der Waals surface area contributed by atoms with Crippen molar-refractivity contribution in [1.82, 2.24) is 5.32 Å². The Balaban J connectivity index is 1.15. The van der Waals surface area contributed by atoms with E-state index in [-0.39, 0.29) is 17.6 Å². The number of hydrogen-bond donors (Lipinski definition) is 2. The average molecular weight is 549 g/mol. The number of anilines is 1. The number of amides is 1. The fourth-order valence-electron chi connectivity index (χ4n) is 9.94. The molecule has 4 nitrogen and oxygen atoms in total. The third-order valence-corrected chi connectivity index (χ3v) is 12.2. The van der Waals surface area contributed by atoms with Crippen molar-refractivity contribution in [3.05, 3.63) is 41.5 Å². The van der Waals surface area contributed by atoms with Gasteiger partial charge in [-0.2, -0.15) is 0 Å². The highest BCUT2D eigenvalue weighted by atomic mass is 16.6. The van der Waals surface area contributed by atoms with Crippen molar-refractivity contribution in [2.45, 2.75) is 118 Å². The highest BCUT2D eigenvalue weighted by Crippen LogP contribution is 2.67. The van der Waals surface area contributed by atoms with E-state index in [0.717, 1.165) is 66.9 Å². The summed E-state index contributed by atoms with van der Waals surface area (Å²) in [6, 6.07) is 7.84. The summed E-state index contributed by atoms with van der Waals surface area (Å²) in [6.45, 7) is 13.1. The minimum Gasteiger partial charge on any atom is -0.446 e. The first-order valence-electron chi connectivity index (χ1n) is 16.6. The van der Waals surface area contributed by atoms with E-state index in [4.69, 9.17) is 10.5 Å². The zero-order chi connectivity index (χ0) is 28.5. The van der Waals surface area contributed by atoms with E-state index in [1.807, 2.05) is 24.3 Å². The Morgan fingerprint density at radius 1 is 1.02 bits per heavy atom. The molecular formula is C36H56N2O2. The number of ether oxygens (including phenoxy) is 1. The van der Waals surface area contributed by atoms with Gasteiger partial charge in [-0.3, -0.25) is 0 Å². The predicted molar refractivity (Wildman–Crippen MR) is 166 cm³/mol. The Labute approximate surface area is 244 Å². The first-order chi connectivity index (χ1) is 19.1. The van der Waals surface area contributed by atoms with Gasteiger partial charge >= 0.3 is 6.09 Å². The van der Waals surface area contributed by atoms with Crippen molar-refractivity contribution in [3.8, 4) is 0 Å². The van der Waals surface area contributed by atoms with E-state index in [2.05, 4.69) is 46.0 Å². The van der Waals surface area contributed by atoms with Crippen LogP contribution < -0.4 is 11.1 Å². The third-order valence-electron chi connectivity index (χ3n) is 12.2. The molecule has 3 N–H and O–H groups in total. The van der Waals surface area contributed by atoms with Crippen molar-refractivity contribution >= 4 is 11.8 Å². The molecule has 3 saturated carbocycles.